The van der Waals surface area contributed by atoms with Crippen LogP contribution in [-0.2, 0) is 12.0 Å². The van der Waals surface area contributed by atoms with Crippen molar-refractivity contribution in [1.82, 2.24) is 25.9 Å². The van der Waals surface area contributed by atoms with E-state index >= 15 is 0 Å². The third-order valence-corrected chi connectivity index (χ3v) is 8.97. The molecule has 2 aromatic carbocycles. The first-order valence-corrected chi connectivity index (χ1v) is 14.3. The Bertz CT molecular complexity index is 1310. The molecule has 1 atom stereocenters. The summed E-state index contributed by atoms with van der Waals surface area (Å²) in [4.78, 5) is 15.8. The number of carbonyl (C=O) groups is 1. The van der Waals surface area contributed by atoms with E-state index in [2.05, 4.69) is 110 Å². The van der Waals surface area contributed by atoms with Gasteiger partial charge in [-0.2, -0.15) is 5.21 Å². The summed E-state index contributed by atoms with van der Waals surface area (Å²) in [6.07, 6.45) is 2.12. The van der Waals surface area contributed by atoms with Crippen molar-refractivity contribution in [2.45, 2.75) is 76.5 Å². The molecule has 4 rings (SSSR count). The number of amides is 1. The third kappa shape index (κ3) is 6.67. The maximum Gasteiger partial charge on any atom is 0.261 e. The highest BCUT2D eigenvalue weighted by molar-refractivity contribution is 7.99. The van der Waals surface area contributed by atoms with E-state index < -0.39 is 0 Å². The summed E-state index contributed by atoms with van der Waals surface area (Å²) in [6, 6.07) is 17.6. The SMILES string of the molecule is CCCC(Sc1cc(C)c(-c2ccc(C(C)(C)C)cc2)c(C)c1)c1ccc(C(=O)NCc2nn[nH]n2)s1. The lowest BCUT2D eigenvalue weighted by molar-refractivity contribution is 0.0954. The lowest BCUT2D eigenvalue weighted by atomic mass is 9.85. The van der Waals surface area contributed by atoms with Gasteiger partial charge >= 0.3 is 0 Å². The van der Waals surface area contributed by atoms with Gasteiger partial charge in [0.1, 0.15) is 0 Å². The molecule has 194 valence electrons. The van der Waals surface area contributed by atoms with Crippen molar-refractivity contribution in [3.05, 3.63) is 80.8 Å². The zero-order valence-corrected chi connectivity index (χ0v) is 24.0. The van der Waals surface area contributed by atoms with Gasteiger partial charge in [-0.05, 0) is 77.8 Å². The molecule has 8 heteroatoms. The lowest BCUT2D eigenvalue weighted by Crippen LogP contribution is -2.22. The van der Waals surface area contributed by atoms with Gasteiger partial charge in [0.25, 0.3) is 5.91 Å². The Morgan fingerprint density at radius 3 is 2.38 bits per heavy atom. The first kappa shape index (κ1) is 27.1. The zero-order valence-electron chi connectivity index (χ0n) is 22.4. The van der Waals surface area contributed by atoms with E-state index in [0.29, 0.717) is 16.0 Å². The molecular formula is C29H35N5OS2. The number of hydrogen-bond acceptors (Lipinski definition) is 6. The molecule has 0 bridgehead atoms. The molecule has 0 aliphatic heterocycles. The first-order valence-electron chi connectivity index (χ1n) is 12.6. The highest BCUT2D eigenvalue weighted by Crippen LogP contribution is 2.43. The van der Waals surface area contributed by atoms with Crippen molar-refractivity contribution in [3.8, 4) is 11.1 Å². The van der Waals surface area contributed by atoms with E-state index in [1.807, 2.05) is 17.8 Å². The summed E-state index contributed by atoms with van der Waals surface area (Å²) in [6.45, 7) is 13.6. The van der Waals surface area contributed by atoms with Gasteiger partial charge in [-0.3, -0.25) is 4.79 Å². The number of thioether (sulfide) groups is 1. The second kappa shape index (κ2) is 11.6. The molecule has 0 aliphatic carbocycles. The first-order chi connectivity index (χ1) is 17.7. The number of benzene rings is 2. The molecule has 2 N–H and O–H groups in total. The smallest absolute Gasteiger partial charge is 0.261 e. The Morgan fingerprint density at radius 1 is 1.08 bits per heavy atom. The quantitative estimate of drug-likeness (QED) is 0.219. The summed E-state index contributed by atoms with van der Waals surface area (Å²) >= 11 is 3.45. The van der Waals surface area contributed by atoms with Gasteiger partial charge in [0, 0.05) is 15.0 Å². The molecular weight excluding hydrogens is 498 g/mol. The summed E-state index contributed by atoms with van der Waals surface area (Å²) < 4.78 is 0. The van der Waals surface area contributed by atoms with E-state index in [9.17, 15) is 4.79 Å². The van der Waals surface area contributed by atoms with Crippen LogP contribution in [0, 0.1) is 13.8 Å². The molecule has 4 aromatic rings. The average Bonchev–Trinajstić information content (AvgIpc) is 3.54. The maximum atomic E-state index is 12.6. The van der Waals surface area contributed by atoms with Crippen molar-refractivity contribution in [2.75, 3.05) is 0 Å². The van der Waals surface area contributed by atoms with Crippen LogP contribution in [0.5, 0.6) is 0 Å². The number of aryl methyl sites for hydroxylation is 2. The van der Waals surface area contributed by atoms with E-state index in [-0.39, 0.29) is 17.9 Å². The van der Waals surface area contributed by atoms with Crippen LogP contribution < -0.4 is 5.32 Å². The van der Waals surface area contributed by atoms with Crippen LogP contribution in [0.3, 0.4) is 0 Å². The fraction of sp³-hybridized carbons (Fsp3) is 0.379. The highest BCUT2D eigenvalue weighted by Gasteiger charge is 2.19. The fourth-order valence-electron chi connectivity index (χ4n) is 4.42. The molecule has 6 nitrogen and oxygen atoms in total. The van der Waals surface area contributed by atoms with Crippen LogP contribution in [-0.4, -0.2) is 26.5 Å². The van der Waals surface area contributed by atoms with Crippen molar-refractivity contribution >= 4 is 29.0 Å². The van der Waals surface area contributed by atoms with Gasteiger partial charge < -0.3 is 5.32 Å². The predicted molar refractivity (Wildman–Crippen MR) is 153 cm³/mol. The molecule has 0 saturated carbocycles. The van der Waals surface area contributed by atoms with Gasteiger partial charge in [-0.1, -0.05) is 63.6 Å². The molecule has 1 amide bonds. The van der Waals surface area contributed by atoms with Crippen LogP contribution in [0.15, 0.2) is 53.4 Å². The second-order valence-corrected chi connectivity index (χ2v) is 12.8. The molecule has 0 saturated heterocycles. The Balaban J connectivity index is 1.50. The van der Waals surface area contributed by atoms with Crippen molar-refractivity contribution in [2.24, 2.45) is 0 Å². The number of thiophene rings is 1. The molecule has 37 heavy (non-hydrogen) atoms. The van der Waals surface area contributed by atoms with E-state index in [4.69, 9.17) is 0 Å². The Kier molecular flexibility index (Phi) is 8.49. The summed E-state index contributed by atoms with van der Waals surface area (Å²) in [7, 11) is 0. The van der Waals surface area contributed by atoms with E-state index in [1.54, 1.807) is 11.3 Å². The molecule has 2 heterocycles. The van der Waals surface area contributed by atoms with E-state index in [1.165, 1.54) is 37.6 Å². The van der Waals surface area contributed by atoms with Crippen LogP contribution in [0.2, 0.25) is 0 Å². The molecule has 2 aromatic heterocycles. The zero-order chi connectivity index (χ0) is 26.6. The second-order valence-electron chi connectivity index (χ2n) is 10.4. The van der Waals surface area contributed by atoms with Crippen LogP contribution in [0.1, 0.15) is 82.9 Å². The van der Waals surface area contributed by atoms with Crippen molar-refractivity contribution in [1.29, 1.82) is 0 Å². The van der Waals surface area contributed by atoms with Crippen LogP contribution in [0.4, 0.5) is 0 Å². The summed E-state index contributed by atoms with van der Waals surface area (Å²) in [5.74, 6) is 0.346. The van der Waals surface area contributed by atoms with Gasteiger partial charge in [0.15, 0.2) is 5.82 Å². The van der Waals surface area contributed by atoms with Crippen molar-refractivity contribution in [3.63, 3.8) is 0 Å². The number of aromatic nitrogens is 4. The number of rotatable bonds is 9. The standard InChI is InChI=1S/C29H35N5OS2/c1-7-8-23(24-13-14-25(37-24)28(35)30-17-26-31-33-34-32-26)36-22-15-18(2)27(19(3)16-22)20-9-11-21(12-10-20)29(4,5)6/h9-16,23H,7-8,17H2,1-6H3,(H,30,35)(H,31,32,33,34). The number of H-pyrrole nitrogens is 1. The summed E-state index contributed by atoms with van der Waals surface area (Å²) in [5.41, 5.74) is 6.64. The Morgan fingerprint density at radius 2 is 1.78 bits per heavy atom. The maximum absolute atomic E-state index is 12.6. The van der Waals surface area contributed by atoms with Gasteiger partial charge in [0.2, 0.25) is 0 Å². The number of nitrogens with one attached hydrogen (secondary N) is 2. The topological polar surface area (TPSA) is 83.6 Å². The van der Waals surface area contributed by atoms with E-state index in [0.717, 1.165) is 12.8 Å². The molecule has 0 spiro atoms. The van der Waals surface area contributed by atoms with Gasteiger partial charge in [-0.25, -0.2) is 0 Å². The monoisotopic (exact) mass is 533 g/mol. The molecule has 0 radical (unpaired) electrons. The predicted octanol–water partition coefficient (Wildman–Crippen LogP) is 7.41. The number of hydrogen-bond donors (Lipinski definition) is 2. The molecule has 0 fully saturated rings. The lowest BCUT2D eigenvalue weighted by Gasteiger charge is -2.20. The largest absolute Gasteiger partial charge is 0.344 e. The Labute approximate surface area is 227 Å². The van der Waals surface area contributed by atoms with Gasteiger partial charge in [-0.15, -0.1) is 33.3 Å². The molecule has 0 aliphatic rings. The minimum Gasteiger partial charge on any atom is -0.344 e. The minimum atomic E-state index is -0.116. The minimum absolute atomic E-state index is 0.116. The fourth-order valence-corrected chi connectivity index (χ4v) is 7.02. The van der Waals surface area contributed by atoms with Crippen LogP contribution >= 0.6 is 23.1 Å². The highest BCUT2D eigenvalue weighted by atomic mass is 32.2. The average molecular weight is 534 g/mol. The summed E-state index contributed by atoms with van der Waals surface area (Å²) in [5, 5.41) is 16.8. The Hall–Kier alpha value is -2.97. The number of carbonyl (C=O) groups excluding carboxylic acids is 1. The number of aromatic amines is 1. The molecule has 1 unspecified atom stereocenters. The normalized spacial score (nSPS) is 12.5. The van der Waals surface area contributed by atoms with Crippen molar-refractivity contribution < 1.29 is 4.79 Å². The third-order valence-electron chi connectivity index (χ3n) is 6.34. The van der Waals surface area contributed by atoms with Gasteiger partial charge in [0.05, 0.1) is 11.4 Å². The number of tetrazole rings is 1. The number of nitrogens with zero attached hydrogens (tertiary/aromatic N) is 3. The van der Waals surface area contributed by atoms with Crippen LogP contribution in [0.25, 0.3) is 11.1 Å².